The summed E-state index contributed by atoms with van der Waals surface area (Å²) in [6, 6.07) is 16.3. The first-order valence-electron chi connectivity index (χ1n) is 9.69. The fourth-order valence-electron chi connectivity index (χ4n) is 3.20. The predicted molar refractivity (Wildman–Crippen MR) is 121 cm³/mol. The third-order valence-electron chi connectivity index (χ3n) is 4.85. The van der Waals surface area contributed by atoms with E-state index in [2.05, 4.69) is 20.4 Å². The smallest absolute Gasteiger partial charge is 0.251 e. The molecule has 0 saturated carbocycles. The highest BCUT2D eigenvalue weighted by Gasteiger charge is 2.16. The van der Waals surface area contributed by atoms with E-state index in [0.717, 1.165) is 5.56 Å². The minimum atomic E-state index is 0.0169. The van der Waals surface area contributed by atoms with Crippen LogP contribution < -0.4 is 4.74 Å². The van der Waals surface area contributed by atoms with Crippen molar-refractivity contribution in [2.45, 2.75) is 0 Å². The summed E-state index contributed by atoms with van der Waals surface area (Å²) in [6.45, 7) is 0. The van der Waals surface area contributed by atoms with Crippen LogP contribution in [0.3, 0.4) is 0 Å². The maximum absolute atomic E-state index is 10.0. The van der Waals surface area contributed by atoms with Crippen molar-refractivity contribution < 1.29 is 24.5 Å². The zero-order valence-corrected chi connectivity index (χ0v) is 17.9. The van der Waals surface area contributed by atoms with Crippen molar-refractivity contribution >= 4 is 11.3 Å². The quantitative estimate of drug-likeness (QED) is 0.319. The number of hydrogen-bond acceptors (Lipinski definition) is 10. The second-order valence-corrected chi connectivity index (χ2v) is 7.97. The van der Waals surface area contributed by atoms with Gasteiger partial charge in [0.1, 0.15) is 28.0 Å². The highest BCUT2D eigenvalue weighted by Crippen LogP contribution is 2.37. The van der Waals surface area contributed by atoms with E-state index in [0.29, 0.717) is 38.3 Å². The molecule has 3 aromatic carbocycles. The number of methoxy groups -OCH3 is 1. The Balaban J connectivity index is 1.40. The van der Waals surface area contributed by atoms with Gasteiger partial charge in [-0.1, -0.05) is 23.5 Å². The molecule has 0 spiro atoms. The maximum Gasteiger partial charge on any atom is 0.251 e. The molecule has 0 saturated heterocycles. The van der Waals surface area contributed by atoms with Crippen molar-refractivity contribution in [3.8, 4) is 67.0 Å². The van der Waals surface area contributed by atoms with Crippen LogP contribution in [-0.4, -0.2) is 42.8 Å². The molecule has 5 rings (SSSR count). The minimum absolute atomic E-state index is 0.0169. The van der Waals surface area contributed by atoms with Crippen LogP contribution in [0, 0.1) is 0 Å². The van der Waals surface area contributed by atoms with E-state index in [1.54, 1.807) is 6.07 Å². The SMILES string of the molecule is COc1cc(O)ccc1-c1nnc(-c2ccc(-c3nnc(-c4cc(O)ccc4O)s3)cc2)o1. The molecule has 0 aliphatic rings. The van der Waals surface area contributed by atoms with Crippen LogP contribution in [0.4, 0.5) is 0 Å². The van der Waals surface area contributed by atoms with Crippen LogP contribution >= 0.6 is 11.3 Å². The van der Waals surface area contributed by atoms with Gasteiger partial charge in [0, 0.05) is 17.2 Å². The summed E-state index contributed by atoms with van der Waals surface area (Å²) in [5, 5.41) is 47.0. The molecule has 0 aliphatic heterocycles. The molecule has 0 bridgehead atoms. The van der Waals surface area contributed by atoms with Crippen LogP contribution in [0.25, 0.3) is 44.1 Å². The lowest BCUT2D eigenvalue weighted by Crippen LogP contribution is -1.87. The van der Waals surface area contributed by atoms with Crippen LogP contribution in [0.1, 0.15) is 0 Å². The third-order valence-corrected chi connectivity index (χ3v) is 5.86. The monoisotopic (exact) mass is 460 g/mol. The summed E-state index contributed by atoms with van der Waals surface area (Å²) in [5.74, 6) is 1.14. The summed E-state index contributed by atoms with van der Waals surface area (Å²) in [7, 11) is 1.50. The molecule has 0 fully saturated rings. The number of benzene rings is 3. The highest BCUT2D eigenvalue weighted by atomic mass is 32.1. The number of aromatic hydroxyl groups is 3. The van der Waals surface area contributed by atoms with Crippen molar-refractivity contribution in [1.82, 2.24) is 20.4 Å². The Bertz CT molecular complexity index is 1450. The lowest BCUT2D eigenvalue weighted by molar-refractivity contribution is 0.407. The van der Waals surface area contributed by atoms with Crippen molar-refractivity contribution in [3.63, 3.8) is 0 Å². The van der Waals surface area contributed by atoms with E-state index < -0.39 is 0 Å². The molecule has 164 valence electrons. The van der Waals surface area contributed by atoms with Crippen molar-refractivity contribution in [3.05, 3.63) is 60.7 Å². The van der Waals surface area contributed by atoms with Crippen LogP contribution in [0.2, 0.25) is 0 Å². The van der Waals surface area contributed by atoms with Gasteiger partial charge in [0.15, 0.2) is 5.01 Å². The lowest BCUT2D eigenvalue weighted by Gasteiger charge is -2.04. The molecule has 2 aromatic heterocycles. The molecule has 0 unspecified atom stereocenters. The van der Waals surface area contributed by atoms with Gasteiger partial charge in [-0.15, -0.1) is 20.4 Å². The predicted octanol–water partition coefficient (Wildman–Crippen LogP) is 4.71. The van der Waals surface area contributed by atoms with Gasteiger partial charge in [-0.05, 0) is 42.5 Å². The van der Waals surface area contributed by atoms with E-state index >= 15 is 0 Å². The van der Waals surface area contributed by atoms with E-state index in [9.17, 15) is 15.3 Å². The van der Waals surface area contributed by atoms with Gasteiger partial charge in [-0.25, -0.2) is 0 Å². The lowest BCUT2D eigenvalue weighted by atomic mass is 10.1. The summed E-state index contributed by atoms with van der Waals surface area (Å²) < 4.78 is 11.1. The summed E-state index contributed by atoms with van der Waals surface area (Å²) in [6.07, 6.45) is 0. The van der Waals surface area contributed by atoms with Gasteiger partial charge in [0.25, 0.3) is 5.89 Å². The molecular formula is C23H16N4O5S. The number of phenolic OH excluding ortho intramolecular Hbond substituents is 3. The van der Waals surface area contributed by atoms with Crippen molar-refractivity contribution in [1.29, 1.82) is 0 Å². The molecular weight excluding hydrogens is 444 g/mol. The molecule has 0 radical (unpaired) electrons. The zero-order valence-electron chi connectivity index (χ0n) is 17.1. The van der Waals surface area contributed by atoms with Crippen LogP contribution in [0.15, 0.2) is 65.1 Å². The van der Waals surface area contributed by atoms with Crippen LogP contribution in [-0.2, 0) is 0 Å². The Labute approximate surface area is 191 Å². The number of rotatable bonds is 5. The summed E-state index contributed by atoms with van der Waals surface area (Å²) in [4.78, 5) is 0. The van der Waals surface area contributed by atoms with Crippen molar-refractivity contribution in [2.24, 2.45) is 0 Å². The molecule has 10 heteroatoms. The number of nitrogens with zero attached hydrogens (tertiary/aromatic N) is 4. The third kappa shape index (κ3) is 3.94. The normalized spacial score (nSPS) is 10.9. The Kier molecular flexibility index (Phi) is 5.11. The molecule has 2 heterocycles. The Morgan fingerprint density at radius 1 is 0.697 bits per heavy atom. The Hall–Kier alpha value is -4.44. The fourth-order valence-corrected chi connectivity index (χ4v) is 4.08. The summed E-state index contributed by atoms with van der Waals surface area (Å²) >= 11 is 1.29. The molecule has 0 atom stereocenters. The van der Waals surface area contributed by atoms with E-state index in [1.807, 2.05) is 24.3 Å². The topological polar surface area (TPSA) is 135 Å². The first-order valence-corrected chi connectivity index (χ1v) is 10.5. The Morgan fingerprint density at radius 2 is 1.36 bits per heavy atom. The van der Waals surface area contributed by atoms with Crippen molar-refractivity contribution in [2.75, 3.05) is 7.11 Å². The molecule has 5 aromatic rings. The first-order chi connectivity index (χ1) is 16.0. The van der Waals surface area contributed by atoms with Crippen LogP contribution in [0.5, 0.6) is 23.0 Å². The average molecular weight is 460 g/mol. The Morgan fingerprint density at radius 3 is 2.15 bits per heavy atom. The van der Waals surface area contributed by atoms with Gasteiger partial charge < -0.3 is 24.5 Å². The summed E-state index contributed by atoms with van der Waals surface area (Å²) in [5.41, 5.74) is 2.52. The zero-order chi connectivity index (χ0) is 22.9. The molecule has 3 N–H and O–H groups in total. The van der Waals surface area contributed by atoms with Gasteiger partial charge in [0.2, 0.25) is 5.89 Å². The van der Waals surface area contributed by atoms with Gasteiger partial charge in [0.05, 0.1) is 18.2 Å². The van der Waals surface area contributed by atoms with Gasteiger partial charge in [-0.2, -0.15) is 0 Å². The van der Waals surface area contributed by atoms with E-state index in [-0.39, 0.29) is 23.1 Å². The van der Waals surface area contributed by atoms with E-state index in [4.69, 9.17) is 9.15 Å². The standard InChI is InChI=1S/C23H16N4O5S/c1-31-19-11-15(29)6-8-16(19)21-25-24-20(32-21)12-2-4-13(5-3-12)22-26-27-23(33-22)17-10-14(28)7-9-18(17)30/h2-11,28-30H,1H3. The number of ether oxygens (including phenoxy) is 1. The van der Waals surface area contributed by atoms with Gasteiger partial charge in [-0.3, -0.25) is 0 Å². The molecule has 0 aliphatic carbocycles. The highest BCUT2D eigenvalue weighted by molar-refractivity contribution is 7.18. The molecule has 0 amide bonds. The average Bonchev–Trinajstić information content (AvgIpc) is 3.51. The maximum atomic E-state index is 10.0. The number of aromatic nitrogens is 4. The second-order valence-electron chi connectivity index (χ2n) is 6.99. The minimum Gasteiger partial charge on any atom is -0.508 e. The first kappa shape index (κ1) is 20.5. The van der Waals surface area contributed by atoms with Gasteiger partial charge >= 0.3 is 0 Å². The molecule has 33 heavy (non-hydrogen) atoms. The second kappa shape index (κ2) is 8.24. The number of phenols is 3. The number of hydrogen-bond donors (Lipinski definition) is 3. The molecule has 9 nitrogen and oxygen atoms in total. The largest absolute Gasteiger partial charge is 0.508 e. The fraction of sp³-hybridized carbons (Fsp3) is 0.0435. The van der Waals surface area contributed by atoms with E-state index in [1.165, 1.54) is 48.8 Å².